The second-order valence-corrected chi connectivity index (χ2v) is 7.45. The summed E-state index contributed by atoms with van der Waals surface area (Å²) in [5, 5.41) is 2.55. The van der Waals surface area contributed by atoms with E-state index in [9.17, 15) is 4.79 Å². The number of fused-ring (bicyclic) bond motifs is 1. The van der Waals surface area contributed by atoms with E-state index in [4.69, 9.17) is 9.15 Å². The van der Waals surface area contributed by atoms with Crippen molar-refractivity contribution in [1.82, 2.24) is 14.9 Å². The molecular weight excluding hydrogens is 352 g/mol. The van der Waals surface area contributed by atoms with Crippen molar-refractivity contribution in [3.05, 3.63) is 35.8 Å². The molecule has 1 atom stereocenters. The number of para-hydroxylation sites is 2. The molecule has 0 N–H and O–H groups in total. The fraction of sp³-hybridized carbons (Fsp3) is 0.389. The van der Waals surface area contributed by atoms with Gasteiger partial charge in [0.25, 0.3) is 11.2 Å². The molecule has 5 rings (SSSR count). The topological polar surface area (TPSA) is 71.7 Å². The quantitative estimate of drug-likeness (QED) is 0.703. The molecule has 0 aliphatic carbocycles. The Bertz CT molecular complexity index is 887. The summed E-state index contributed by atoms with van der Waals surface area (Å²) in [6, 6.07) is 8.01. The number of anilines is 1. The molecular formula is C18H18N4O3S. The van der Waals surface area contributed by atoms with Crippen LogP contribution < -0.4 is 9.64 Å². The molecule has 1 amide bonds. The van der Waals surface area contributed by atoms with Gasteiger partial charge in [0.2, 0.25) is 5.91 Å². The van der Waals surface area contributed by atoms with Gasteiger partial charge in [-0.25, -0.2) is 4.98 Å². The molecule has 3 aromatic rings. The van der Waals surface area contributed by atoms with E-state index in [0.29, 0.717) is 24.3 Å². The highest BCUT2D eigenvalue weighted by atomic mass is 32.1. The molecule has 2 saturated heterocycles. The maximum Gasteiger partial charge on any atom is 0.299 e. The van der Waals surface area contributed by atoms with Crippen molar-refractivity contribution >= 4 is 34.4 Å². The van der Waals surface area contributed by atoms with Gasteiger partial charge in [0, 0.05) is 18.1 Å². The van der Waals surface area contributed by atoms with E-state index in [0.717, 1.165) is 30.5 Å². The van der Waals surface area contributed by atoms with Crippen LogP contribution in [0, 0.1) is 0 Å². The molecule has 0 bridgehead atoms. The Labute approximate surface area is 154 Å². The average molecular weight is 370 g/mol. The molecule has 7 nitrogen and oxygen atoms in total. The Kier molecular flexibility index (Phi) is 3.77. The van der Waals surface area contributed by atoms with Gasteiger partial charge >= 0.3 is 0 Å². The number of nitrogens with zero attached hydrogens (tertiary/aromatic N) is 4. The number of ether oxygens (including phenoxy) is 1. The van der Waals surface area contributed by atoms with Gasteiger partial charge in [0.05, 0.1) is 13.1 Å². The Morgan fingerprint density at radius 1 is 1.31 bits per heavy atom. The van der Waals surface area contributed by atoms with E-state index in [2.05, 4.69) is 9.97 Å². The van der Waals surface area contributed by atoms with Gasteiger partial charge in [0.15, 0.2) is 5.58 Å². The van der Waals surface area contributed by atoms with Crippen molar-refractivity contribution in [2.75, 3.05) is 24.5 Å². The van der Waals surface area contributed by atoms with Gasteiger partial charge in [-0.2, -0.15) is 4.98 Å². The van der Waals surface area contributed by atoms with E-state index in [1.54, 1.807) is 6.20 Å². The van der Waals surface area contributed by atoms with E-state index in [1.165, 1.54) is 11.3 Å². The minimum Gasteiger partial charge on any atom is -0.463 e. The summed E-state index contributed by atoms with van der Waals surface area (Å²) in [6.07, 6.45) is 3.54. The van der Waals surface area contributed by atoms with Gasteiger partial charge in [-0.05, 0) is 25.0 Å². The Hall–Kier alpha value is -2.61. The number of hydrogen-bond acceptors (Lipinski definition) is 7. The summed E-state index contributed by atoms with van der Waals surface area (Å²) in [5.41, 5.74) is 1.57. The molecule has 0 saturated carbocycles. The number of aromatic nitrogens is 2. The second-order valence-electron chi connectivity index (χ2n) is 6.60. The highest BCUT2D eigenvalue weighted by molar-refractivity contribution is 7.11. The van der Waals surface area contributed by atoms with Crippen molar-refractivity contribution in [2.45, 2.75) is 25.0 Å². The van der Waals surface area contributed by atoms with Gasteiger partial charge in [-0.1, -0.05) is 23.5 Å². The summed E-state index contributed by atoms with van der Waals surface area (Å²) in [7, 11) is 0. The smallest absolute Gasteiger partial charge is 0.299 e. The standard InChI is InChI=1S/C18H18N4O3S/c23-16(21-10-12(11-21)24-18-19-7-9-26-18)14-5-3-8-22(14)17-20-13-4-1-2-6-15(13)25-17/h1-2,4,6-7,9,12,14H,3,5,8,10-11H2. The van der Waals surface area contributed by atoms with Crippen LogP contribution in [0.25, 0.3) is 11.1 Å². The lowest BCUT2D eigenvalue weighted by molar-refractivity contribution is -0.141. The first-order valence-electron chi connectivity index (χ1n) is 8.75. The van der Waals surface area contributed by atoms with Crippen molar-refractivity contribution in [2.24, 2.45) is 0 Å². The zero-order chi connectivity index (χ0) is 17.5. The van der Waals surface area contributed by atoms with Crippen molar-refractivity contribution < 1.29 is 13.9 Å². The summed E-state index contributed by atoms with van der Waals surface area (Å²) in [6.45, 7) is 2.00. The minimum atomic E-state index is -0.205. The Balaban J connectivity index is 1.26. The van der Waals surface area contributed by atoms with E-state index in [-0.39, 0.29) is 18.1 Å². The number of oxazole rings is 1. The molecule has 0 radical (unpaired) electrons. The van der Waals surface area contributed by atoms with Crippen LogP contribution in [0.2, 0.25) is 0 Å². The van der Waals surface area contributed by atoms with Crippen molar-refractivity contribution in [1.29, 1.82) is 0 Å². The van der Waals surface area contributed by atoms with E-state index >= 15 is 0 Å². The molecule has 1 aromatic carbocycles. The fourth-order valence-electron chi connectivity index (χ4n) is 3.55. The van der Waals surface area contributed by atoms with Crippen LogP contribution in [-0.2, 0) is 4.79 Å². The molecule has 8 heteroatoms. The summed E-state index contributed by atoms with van der Waals surface area (Å²) < 4.78 is 11.6. The normalized spacial score (nSPS) is 20.5. The summed E-state index contributed by atoms with van der Waals surface area (Å²) in [4.78, 5) is 25.4. The van der Waals surface area contributed by atoms with Crippen LogP contribution in [0.15, 0.2) is 40.3 Å². The minimum absolute atomic E-state index is 0.0317. The molecule has 0 spiro atoms. The lowest BCUT2D eigenvalue weighted by atomic mass is 10.1. The highest BCUT2D eigenvalue weighted by Crippen LogP contribution is 2.30. The van der Waals surface area contributed by atoms with Crippen LogP contribution >= 0.6 is 11.3 Å². The van der Waals surface area contributed by atoms with Crippen LogP contribution in [0.1, 0.15) is 12.8 Å². The number of rotatable bonds is 4. The third-order valence-electron chi connectivity index (χ3n) is 4.90. The fourth-order valence-corrected chi connectivity index (χ4v) is 4.10. The SMILES string of the molecule is O=C(C1CCCN1c1nc2ccccc2o1)N1CC(Oc2nccs2)C1. The first kappa shape index (κ1) is 15.6. The largest absolute Gasteiger partial charge is 0.463 e. The number of carbonyl (C=O) groups excluding carboxylic acids is 1. The van der Waals surface area contributed by atoms with Crippen LogP contribution in [-0.4, -0.2) is 52.6 Å². The summed E-state index contributed by atoms with van der Waals surface area (Å²) in [5.74, 6) is 0.128. The predicted molar refractivity (Wildman–Crippen MR) is 97.5 cm³/mol. The third kappa shape index (κ3) is 2.70. The predicted octanol–water partition coefficient (Wildman–Crippen LogP) is 2.54. The zero-order valence-electron chi connectivity index (χ0n) is 14.1. The van der Waals surface area contributed by atoms with Crippen LogP contribution in [0.3, 0.4) is 0 Å². The number of benzene rings is 1. The summed E-state index contributed by atoms with van der Waals surface area (Å²) >= 11 is 1.47. The van der Waals surface area contributed by atoms with Gasteiger partial charge in [-0.3, -0.25) is 4.79 Å². The zero-order valence-corrected chi connectivity index (χ0v) is 14.9. The number of thiazole rings is 1. The molecule has 2 aliphatic heterocycles. The lowest BCUT2D eigenvalue weighted by Gasteiger charge is -2.40. The monoisotopic (exact) mass is 370 g/mol. The molecule has 2 aliphatic rings. The number of hydrogen-bond donors (Lipinski definition) is 0. The molecule has 4 heterocycles. The van der Waals surface area contributed by atoms with E-state index < -0.39 is 0 Å². The molecule has 26 heavy (non-hydrogen) atoms. The first-order chi connectivity index (χ1) is 12.8. The lowest BCUT2D eigenvalue weighted by Crippen LogP contribution is -2.60. The maximum atomic E-state index is 12.9. The van der Waals surface area contributed by atoms with Crippen molar-refractivity contribution in [3.8, 4) is 5.19 Å². The molecule has 134 valence electrons. The number of likely N-dealkylation sites (tertiary alicyclic amines) is 1. The van der Waals surface area contributed by atoms with Crippen molar-refractivity contribution in [3.63, 3.8) is 0 Å². The van der Waals surface area contributed by atoms with Gasteiger partial charge in [-0.15, -0.1) is 0 Å². The Morgan fingerprint density at radius 2 is 2.19 bits per heavy atom. The van der Waals surface area contributed by atoms with E-state index in [1.807, 2.05) is 39.4 Å². The first-order valence-corrected chi connectivity index (χ1v) is 9.63. The molecule has 1 unspecified atom stereocenters. The second kappa shape index (κ2) is 6.28. The maximum absolute atomic E-state index is 12.9. The van der Waals surface area contributed by atoms with Crippen LogP contribution in [0.5, 0.6) is 5.19 Å². The highest BCUT2D eigenvalue weighted by Gasteiger charge is 2.41. The van der Waals surface area contributed by atoms with Gasteiger partial charge in [0.1, 0.15) is 17.7 Å². The molecule has 2 fully saturated rings. The molecule has 2 aromatic heterocycles. The number of carbonyl (C=O) groups is 1. The van der Waals surface area contributed by atoms with Gasteiger partial charge < -0.3 is 19.0 Å². The third-order valence-corrected chi connectivity index (χ3v) is 5.56. The van der Waals surface area contributed by atoms with Crippen LogP contribution in [0.4, 0.5) is 6.01 Å². The average Bonchev–Trinajstić information content (AvgIpc) is 3.36. The Morgan fingerprint density at radius 3 is 3.00 bits per heavy atom. The number of amides is 1.